The number of aryl methyl sites for hydroxylation is 1. The summed E-state index contributed by atoms with van der Waals surface area (Å²) in [6.07, 6.45) is -1.08. The van der Waals surface area contributed by atoms with Crippen molar-refractivity contribution in [3.63, 3.8) is 0 Å². The van der Waals surface area contributed by atoms with Gasteiger partial charge in [0.25, 0.3) is 0 Å². The number of thioether (sulfide) groups is 1. The summed E-state index contributed by atoms with van der Waals surface area (Å²) >= 11 is 1.45. The van der Waals surface area contributed by atoms with Gasteiger partial charge in [0.05, 0.1) is 24.6 Å². The second-order valence-electron chi connectivity index (χ2n) is 8.01. The number of hydrogen-bond donors (Lipinski definition) is 2. The molecule has 0 spiro atoms. The highest BCUT2D eigenvalue weighted by Gasteiger charge is 2.32. The molecule has 1 saturated heterocycles. The van der Waals surface area contributed by atoms with Crippen LogP contribution in [-0.2, 0) is 6.54 Å². The first-order valence-electron chi connectivity index (χ1n) is 10.1. The summed E-state index contributed by atoms with van der Waals surface area (Å²) in [4.78, 5) is 14.6. The standard InChI is InChI=1S/C22H24FN5OS/c1-13-6-7-18-15(8-13)21(27-10-16(23)17(24)11-27)26-22(25-18)28-9-14-4-2-3-5-19(14)30-20(29)12-28/h2-8,16-17,20,29H,9-12,24H2,1H3/t16-,17-,20?/m0/s1. The molecule has 1 fully saturated rings. The van der Waals surface area contributed by atoms with Crippen molar-refractivity contribution in [2.75, 3.05) is 29.4 Å². The van der Waals surface area contributed by atoms with Gasteiger partial charge in [0.2, 0.25) is 5.95 Å². The molecule has 0 bridgehead atoms. The Morgan fingerprint density at radius 2 is 1.93 bits per heavy atom. The molecule has 5 rings (SSSR count). The number of benzene rings is 2. The number of anilines is 2. The van der Waals surface area contributed by atoms with Crippen LogP contribution in [0, 0.1) is 6.92 Å². The van der Waals surface area contributed by atoms with Crippen LogP contribution in [0.5, 0.6) is 0 Å². The van der Waals surface area contributed by atoms with Gasteiger partial charge in [0.1, 0.15) is 17.4 Å². The molecule has 8 heteroatoms. The van der Waals surface area contributed by atoms with Crippen molar-refractivity contribution in [2.24, 2.45) is 5.73 Å². The summed E-state index contributed by atoms with van der Waals surface area (Å²) in [6, 6.07) is 13.6. The summed E-state index contributed by atoms with van der Waals surface area (Å²) < 4.78 is 14.2. The fourth-order valence-electron chi connectivity index (χ4n) is 4.10. The number of aliphatic hydroxyl groups is 1. The minimum Gasteiger partial charge on any atom is -0.380 e. The van der Waals surface area contributed by atoms with Crippen molar-refractivity contribution >= 4 is 34.4 Å². The van der Waals surface area contributed by atoms with Crippen molar-refractivity contribution in [2.45, 2.75) is 36.0 Å². The van der Waals surface area contributed by atoms with E-state index in [4.69, 9.17) is 15.7 Å². The fraction of sp³-hybridized carbons (Fsp3) is 0.364. The van der Waals surface area contributed by atoms with Crippen LogP contribution in [0.1, 0.15) is 11.1 Å². The van der Waals surface area contributed by atoms with Gasteiger partial charge in [0, 0.05) is 23.4 Å². The van der Waals surface area contributed by atoms with E-state index >= 15 is 0 Å². The highest BCUT2D eigenvalue weighted by molar-refractivity contribution is 7.99. The lowest BCUT2D eigenvalue weighted by molar-refractivity contribution is 0.267. The number of rotatable bonds is 2. The summed E-state index contributed by atoms with van der Waals surface area (Å²) in [5.74, 6) is 1.24. The number of alkyl halides is 1. The monoisotopic (exact) mass is 425 g/mol. The topological polar surface area (TPSA) is 78.5 Å². The number of nitrogens with two attached hydrogens (primary N) is 1. The number of β-amino-alcohol motifs (C(OH)–C–C–N with tert-alkyl or cyclic N) is 1. The lowest BCUT2D eigenvalue weighted by Crippen LogP contribution is -2.32. The van der Waals surface area contributed by atoms with E-state index < -0.39 is 17.6 Å². The van der Waals surface area contributed by atoms with Crippen LogP contribution >= 0.6 is 11.8 Å². The second-order valence-corrected chi connectivity index (χ2v) is 9.23. The minimum absolute atomic E-state index is 0.224. The highest BCUT2D eigenvalue weighted by Crippen LogP contribution is 2.34. The number of aromatic nitrogens is 2. The smallest absolute Gasteiger partial charge is 0.228 e. The van der Waals surface area contributed by atoms with E-state index in [1.54, 1.807) is 0 Å². The molecule has 3 atom stereocenters. The Kier molecular flexibility index (Phi) is 5.00. The van der Waals surface area contributed by atoms with E-state index in [0.29, 0.717) is 31.4 Å². The van der Waals surface area contributed by atoms with Crippen LogP contribution in [0.15, 0.2) is 47.4 Å². The van der Waals surface area contributed by atoms with Crippen LogP contribution < -0.4 is 15.5 Å². The van der Waals surface area contributed by atoms with Gasteiger partial charge < -0.3 is 20.6 Å². The molecule has 156 valence electrons. The van der Waals surface area contributed by atoms with Crippen LogP contribution in [0.3, 0.4) is 0 Å². The van der Waals surface area contributed by atoms with E-state index in [9.17, 15) is 9.50 Å². The first kappa shape index (κ1) is 19.5. The first-order chi connectivity index (χ1) is 14.5. The van der Waals surface area contributed by atoms with Crippen molar-refractivity contribution in [3.05, 3.63) is 53.6 Å². The van der Waals surface area contributed by atoms with E-state index in [1.807, 2.05) is 53.1 Å². The Hall–Kier alpha value is -2.42. The zero-order valence-electron chi connectivity index (χ0n) is 16.7. The third-order valence-corrected chi connectivity index (χ3v) is 6.74. The van der Waals surface area contributed by atoms with Crippen LogP contribution in [0.2, 0.25) is 0 Å². The van der Waals surface area contributed by atoms with Gasteiger partial charge in [-0.25, -0.2) is 9.37 Å². The average Bonchev–Trinajstić information content (AvgIpc) is 2.96. The summed E-state index contributed by atoms with van der Waals surface area (Å²) in [6.45, 7) is 3.66. The second kappa shape index (κ2) is 7.68. The Morgan fingerprint density at radius 3 is 2.73 bits per heavy atom. The van der Waals surface area contributed by atoms with Gasteiger partial charge in [-0.15, -0.1) is 0 Å². The Labute approximate surface area is 178 Å². The lowest BCUT2D eigenvalue weighted by Gasteiger charge is -2.25. The number of hydrogen-bond acceptors (Lipinski definition) is 7. The van der Waals surface area contributed by atoms with Crippen LogP contribution in [0.4, 0.5) is 16.2 Å². The molecule has 1 unspecified atom stereocenters. The van der Waals surface area contributed by atoms with Crippen molar-refractivity contribution in [3.8, 4) is 0 Å². The Bertz CT molecular complexity index is 1090. The van der Waals surface area contributed by atoms with Crippen molar-refractivity contribution < 1.29 is 9.50 Å². The van der Waals surface area contributed by atoms with Crippen molar-refractivity contribution in [1.82, 2.24) is 9.97 Å². The minimum atomic E-state index is -1.08. The maximum absolute atomic E-state index is 14.2. The molecule has 0 aliphatic carbocycles. The summed E-state index contributed by atoms with van der Waals surface area (Å²) in [7, 11) is 0. The molecule has 3 N–H and O–H groups in total. The van der Waals surface area contributed by atoms with Gasteiger partial charge in [-0.2, -0.15) is 4.98 Å². The maximum atomic E-state index is 14.2. The van der Waals surface area contributed by atoms with Crippen LogP contribution in [-0.4, -0.2) is 52.4 Å². The molecule has 2 aliphatic rings. The third kappa shape index (κ3) is 3.59. The quantitative estimate of drug-likeness (QED) is 0.654. The van der Waals surface area contributed by atoms with Gasteiger partial charge in [-0.1, -0.05) is 41.6 Å². The predicted molar refractivity (Wildman–Crippen MR) is 119 cm³/mol. The molecule has 0 saturated carbocycles. The maximum Gasteiger partial charge on any atom is 0.228 e. The molecule has 3 aromatic rings. The Balaban J connectivity index is 1.60. The molecule has 6 nitrogen and oxygen atoms in total. The first-order valence-corrected chi connectivity index (χ1v) is 11.0. The van der Waals surface area contributed by atoms with Gasteiger partial charge in [-0.05, 0) is 30.7 Å². The average molecular weight is 426 g/mol. The normalized spacial score (nSPS) is 24.2. The van der Waals surface area contributed by atoms with E-state index in [1.165, 1.54) is 11.8 Å². The van der Waals surface area contributed by atoms with E-state index in [0.717, 1.165) is 26.9 Å². The zero-order chi connectivity index (χ0) is 20.8. The molecular weight excluding hydrogens is 401 g/mol. The fourth-order valence-corrected chi connectivity index (χ4v) is 5.09. The summed E-state index contributed by atoms with van der Waals surface area (Å²) in [5, 5.41) is 11.5. The molecule has 0 amide bonds. The van der Waals surface area contributed by atoms with Crippen molar-refractivity contribution in [1.29, 1.82) is 0 Å². The predicted octanol–water partition coefficient (Wildman–Crippen LogP) is 2.85. The van der Waals surface area contributed by atoms with Gasteiger partial charge in [-0.3, -0.25) is 0 Å². The molecular formula is C22H24FN5OS. The number of nitrogens with zero attached hydrogens (tertiary/aromatic N) is 4. The SMILES string of the molecule is Cc1ccc2nc(N3Cc4ccccc4SC(O)C3)nc(N3C[C@H](N)[C@@H](F)C3)c2c1. The molecule has 1 aromatic heterocycles. The molecule has 30 heavy (non-hydrogen) atoms. The molecule has 2 aromatic carbocycles. The zero-order valence-corrected chi connectivity index (χ0v) is 17.5. The number of halogens is 1. The van der Waals surface area contributed by atoms with Crippen LogP contribution in [0.25, 0.3) is 10.9 Å². The third-order valence-electron chi connectivity index (χ3n) is 5.67. The van der Waals surface area contributed by atoms with E-state index in [2.05, 4.69) is 6.07 Å². The van der Waals surface area contributed by atoms with Gasteiger partial charge >= 0.3 is 0 Å². The largest absolute Gasteiger partial charge is 0.380 e. The number of fused-ring (bicyclic) bond motifs is 2. The molecule has 0 radical (unpaired) electrons. The van der Waals surface area contributed by atoms with E-state index in [-0.39, 0.29) is 6.54 Å². The lowest BCUT2D eigenvalue weighted by atomic mass is 10.1. The molecule has 3 heterocycles. The number of aliphatic hydroxyl groups excluding tert-OH is 1. The summed E-state index contributed by atoms with van der Waals surface area (Å²) in [5.41, 5.74) is 8.37. The Morgan fingerprint density at radius 1 is 1.10 bits per heavy atom. The highest BCUT2D eigenvalue weighted by atomic mass is 32.2. The van der Waals surface area contributed by atoms with Gasteiger partial charge in [0.15, 0.2) is 0 Å². The molecule has 2 aliphatic heterocycles.